The Labute approximate surface area is 122 Å². The van der Waals surface area contributed by atoms with Crippen LogP contribution in [0.2, 0.25) is 0 Å². The summed E-state index contributed by atoms with van der Waals surface area (Å²) in [4.78, 5) is 29.2. The van der Waals surface area contributed by atoms with Gasteiger partial charge in [0.25, 0.3) is 0 Å². The molecule has 10 nitrogen and oxygen atoms in total. The topological polar surface area (TPSA) is 210 Å². The minimum atomic E-state index is -1.18. The van der Waals surface area contributed by atoms with Crippen molar-refractivity contribution in [1.29, 1.82) is 0 Å². The summed E-state index contributed by atoms with van der Waals surface area (Å²) in [6.07, 6.45) is 0. The third-order valence-corrected chi connectivity index (χ3v) is 1.91. The molecule has 0 unspecified atom stereocenters. The maximum Gasteiger partial charge on any atom is 0.322 e. The second-order valence-corrected chi connectivity index (χ2v) is 4.36. The average molecular weight is 311 g/mol. The SMILES string of the molecule is CC(C)[C@H](N)C(=O)O.C[C@H](N)C(=O)O.N[C@@H](CO)C(=O)O. The first-order valence-electron chi connectivity index (χ1n) is 5.94. The summed E-state index contributed by atoms with van der Waals surface area (Å²) in [7, 11) is 0. The van der Waals surface area contributed by atoms with Crippen molar-refractivity contribution < 1.29 is 34.8 Å². The van der Waals surface area contributed by atoms with Crippen LogP contribution in [0.1, 0.15) is 20.8 Å². The van der Waals surface area contributed by atoms with E-state index in [1.165, 1.54) is 6.92 Å². The van der Waals surface area contributed by atoms with Crippen LogP contribution >= 0.6 is 0 Å². The Balaban J connectivity index is -0.000000234. The number of hydrogen-bond acceptors (Lipinski definition) is 7. The van der Waals surface area contributed by atoms with Crippen LogP contribution in [0.15, 0.2) is 0 Å². The first-order valence-corrected chi connectivity index (χ1v) is 5.94. The zero-order chi connectivity index (χ0) is 17.7. The van der Waals surface area contributed by atoms with Crippen molar-refractivity contribution in [2.75, 3.05) is 6.61 Å². The molecule has 10 N–H and O–H groups in total. The van der Waals surface area contributed by atoms with Crippen molar-refractivity contribution in [3.05, 3.63) is 0 Å². The van der Waals surface area contributed by atoms with E-state index in [9.17, 15) is 14.4 Å². The van der Waals surface area contributed by atoms with Gasteiger partial charge < -0.3 is 37.6 Å². The molecule has 0 amide bonds. The zero-order valence-corrected chi connectivity index (χ0v) is 12.3. The molecule has 0 fully saturated rings. The van der Waals surface area contributed by atoms with E-state index in [4.69, 9.17) is 37.6 Å². The normalized spacial score (nSPS) is 13.7. The molecule has 0 aliphatic rings. The predicted molar refractivity (Wildman–Crippen MR) is 74.4 cm³/mol. The molecule has 3 atom stereocenters. The highest BCUT2D eigenvalue weighted by molar-refractivity contribution is 5.73. The minimum absolute atomic E-state index is 0.0208. The Morgan fingerprint density at radius 2 is 1.19 bits per heavy atom. The van der Waals surface area contributed by atoms with Crippen molar-refractivity contribution in [3.8, 4) is 0 Å². The van der Waals surface area contributed by atoms with Gasteiger partial charge in [0.05, 0.1) is 6.61 Å². The Bertz CT molecular complexity index is 321. The molecule has 0 aliphatic heterocycles. The minimum Gasteiger partial charge on any atom is -0.480 e. The van der Waals surface area contributed by atoms with Gasteiger partial charge in [0.15, 0.2) is 0 Å². The van der Waals surface area contributed by atoms with Gasteiger partial charge in [0.1, 0.15) is 18.1 Å². The maximum atomic E-state index is 10.0. The lowest BCUT2D eigenvalue weighted by atomic mass is 10.1. The van der Waals surface area contributed by atoms with Gasteiger partial charge in [-0.1, -0.05) is 13.8 Å². The summed E-state index contributed by atoms with van der Waals surface area (Å²) in [6.45, 7) is 4.47. The van der Waals surface area contributed by atoms with Crippen molar-refractivity contribution in [2.45, 2.75) is 38.9 Å². The lowest BCUT2D eigenvalue weighted by Gasteiger charge is -2.07. The number of aliphatic carboxylic acids is 3. The van der Waals surface area contributed by atoms with Crippen LogP contribution in [0.4, 0.5) is 0 Å². The second kappa shape index (κ2) is 13.2. The molecule has 0 aliphatic carbocycles. The quantitative estimate of drug-likeness (QED) is 0.293. The molecule has 0 aromatic heterocycles. The van der Waals surface area contributed by atoms with Gasteiger partial charge in [-0.25, -0.2) is 0 Å². The van der Waals surface area contributed by atoms with Crippen LogP contribution < -0.4 is 17.2 Å². The van der Waals surface area contributed by atoms with Crippen molar-refractivity contribution in [1.82, 2.24) is 0 Å². The van der Waals surface area contributed by atoms with E-state index >= 15 is 0 Å². The van der Waals surface area contributed by atoms with E-state index in [0.29, 0.717) is 0 Å². The van der Waals surface area contributed by atoms with Crippen LogP contribution in [0, 0.1) is 5.92 Å². The van der Waals surface area contributed by atoms with Gasteiger partial charge >= 0.3 is 17.9 Å². The average Bonchev–Trinajstić information content (AvgIpc) is 2.37. The molecule has 0 spiro atoms. The molecule has 0 aromatic carbocycles. The molecular formula is C11H25N3O7. The van der Waals surface area contributed by atoms with E-state index in [-0.39, 0.29) is 5.92 Å². The highest BCUT2D eigenvalue weighted by atomic mass is 16.4. The van der Waals surface area contributed by atoms with Gasteiger partial charge in [-0.2, -0.15) is 0 Å². The first-order chi connectivity index (χ1) is 9.38. The van der Waals surface area contributed by atoms with E-state index < -0.39 is 42.6 Å². The molecule has 0 radical (unpaired) electrons. The smallest absolute Gasteiger partial charge is 0.322 e. The van der Waals surface area contributed by atoms with Crippen molar-refractivity contribution in [3.63, 3.8) is 0 Å². The molecule has 126 valence electrons. The van der Waals surface area contributed by atoms with Gasteiger partial charge in [0, 0.05) is 0 Å². The summed E-state index contributed by atoms with van der Waals surface area (Å²) in [5.41, 5.74) is 14.8. The Morgan fingerprint density at radius 3 is 1.19 bits per heavy atom. The number of rotatable bonds is 5. The van der Waals surface area contributed by atoms with Gasteiger partial charge in [0.2, 0.25) is 0 Å². The third kappa shape index (κ3) is 18.2. The van der Waals surface area contributed by atoms with Crippen LogP contribution in [0.5, 0.6) is 0 Å². The lowest BCUT2D eigenvalue weighted by molar-refractivity contribution is -0.140. The van der Waals surface area contributed by atoms with Gasteiger partial charge in [-0.3, -0.25) is 14.4 Å². The lowest BCUT2D eigenvalue weighted by Crippen LogP contribution is -2.34. The zero-order valence-electron chi connectivity index (χ0n) is 12.3. The van der Waals surface area contributed by atoms with Crippen LogP contribution in [-0.2, 0) is 14.4 Å². The van der Waals surface area contributed by atoms with Crippen LogP contribution in [-0.4, -0.2) is 63.1 Å². The fourth-order valence-corrected chi connectivity index (χ4v) is 0.363. The van der Waals surface area contributed by atoms with E-state index in [2.05, 4.69) is 0 Å². The molecule has 0 saturated heterocycles. The molecule has 0 bridgehead atoms. The first kappa shape index (κ1) is 24.3. The monoisotopic (exact) mass is 311 g/mol. The molecule has 0 saturated carbocycles. The Hall–Kier alpha value is -1.75. The van der Waals surface area contributed by atoms with Crippen LogP contribution in [0.25, 0.3) is 0 Å². The highest BCUT2D eigenvalue weighted by Crippen LogP contribution is 1.96. The summed E-state index contributed by atoms with van der Waals surface area (Å²) >= 11 is 0. The standard InChI is InChI=1S/C5H11NO2.C3H7NO3.C3H7NO2/c1-3(2)4(6)5(7)8;4-2(1-5)3(6)7;1-2(4)3(5)6/h3-4H,6H2,1-2H3,(H,7,8);2,5H,1,4H2,(H,6,7);2H,4H2,1H3,(H,5,6)/t4-;2*2-/m000/s1. The predicted octanol–water partition coefficient (Wildman–Crippen LogP) is -2.14. The summed E-state index contributed by atoms with van der Waals surface area (Å²) < 4.78 is 0. The van der Waals surface area contributed by atoms with Gasteiger partial charge in [-0.15, -0.1) is 0 Å². The Kier molecular flexibility index (Phi) is 15.3. The molecule has 0 rings (SSSR count). The third-order valence-electron chi connectivity index (χ3n) is 1.91. The Morgan fingerprint density at radius 1 is 0.857 bits per heavy atom. The molecule has 0 aromatic rings. The van der Waals surface area contributed by atoms with Gasteiger partial charge in [-0.05, 0) is 12.8 Å². The number of hydrogen-bond donors (Lipinski definition) is 7. The maximum absolute atomic E-state index is 10.0. The van der Waals surface area contributed by atoms with Crippen molar-refractivity contribution in [2.24, 2.45) is 23.1 Å². The second-order valence-electron chi connectivity index (χ2n) is 4.36. The fraction of sp³-hybridized carbons (Fsp3) is 0.727. The number of aliphatic hydroxyl groups excluding tert-OH is 1. The van der Waals surface area contributed by atoms with E-state index in [1.807, 2.05) is 0 Å². The molecule has 21 heavy (non-hydrogen) atoms. The molecular weight excluding hydrogens is 286 g/mol. The van der Waals surface area contributed by atoms with E-state index in [1.54, 1.807) is 13.8 Å². The summed E-state index contributed by atoms with van der Waals surface area (Å²) in [5, 5.41) is 32.0. The summed E-state index contributed by atoms with van der Waals surface area (Å²) in [5.74, 6) is -3.05. The number of aliphatic hydroxyl groups is 1. The largest absolute Gasteiger partial charge is 0.480 e. The van der Waals surface area contributed by atoms with Crippen LogP contribution in [0.3, 0.4) is 0 Å². The van der Waals surface area contributed by atoms with E-state index in [0.717, 1.165) is 0 Å². The number of carboxylic acid groups (broad SMARTS) is 3. The number of carbonyl (C=O) groups is 3. The molecule has 10 heteroatoms. The number of carboxylic acids is 3. The summed E-state index contributed by atoms with van der Waals surface area (Å²) in [6, 6.07) is -2.57. The highest BCUT2D eigenvalue weighted by Gasteiger charge is 2.14. The molecule has 0 heterocycles. The van der Waals surface area contributed by atoms with Crippen molar-refractivity contribution >= 4 is 17.9 Å². The fourth-order valence-electron chi connectivity index (χ4n) is 0.363. The number of nitrogens with two attached hydrogens (primary N) is 3.